The van der Waals surface area contributed by atoms with Crippen molar-refractivity contribution in [2.75, 3.05) is 0 Å². The lowest BCUT2D eigenvalue weighted by molar-refractivity contribution is 0.0696. The second kappa shape index (κ2) is 4.92. The average Bonchev–Trinajstić information content (AvgIpc) is 2.65. The Morgan fingerprint density at radius 2 is 1.74 bits per heavy atom. The molecule has 0 atom stereocenters. The molecule has 3 heteroatoms. The van der Waals surface area contributed by atoms with Crippen molar-refractivity contribution in [3.8, 4) is 5.69 Å². The minimum atomic E-state index is -0.877. The Morgan fingerprint density at radius 1 is 1.16 bits per heavy atom. The van der Waals surface area contributed by atoms with Crippen molar-refractivity contribution in [3.63, 3.8) is 0 Å². The van der Waals surface area contributed by atoms with Gasteiger partial charge in [-0.05, 0) is 43.5 Å². The predicted octanol–water partition coefficient (Wildman–Crippen LogP) is 3.92. The Labute approximate surface area is 113 Å². The van der Waals surface area contributed by atoms with Crippen molar-refractivity contribution in [3.05, 3.63) is 52.8 Å². The first-order chi connectivity index (χ1) is 8.91. The number of nitrogens with zero attached hydrogens (tertiary/aromatic N) is 1. The molecular formula is C16H19NO2. The summed E-state index contributed by atoms with van der Waals surface area (Å²) in [5.41, 5.74) is 4.36. The minimum absolute atomic E-state index is 0.366. The maximum absolute atomic E-state index is 11.1. The van der Waals surface area contributed by atoms with Crippen LogP contribution in [-0.4, -0.2) is 15.6 Å². The molecule has 0 radical (unpaired) electrons. The van der Waals surface area contributed by atoms with E-state index < -0.39 is 5.97 Å². The first-order valence-electron chi connectivity index (χ1n) is 6.44. The van der Waals surface area contributed by atoms with Gasteiger partial charge in [-0.25, -0.2) is 4.79 Å². The molecule has 3 nitrogen and oxygen atoms in total. The number of aromatic nitrogens is 1. The summed E-state index contributed by atoms with van der Waals surface area (Å²) in [5.74, 6) is -0.381. The van der Waals surface area contributed by atoms with Gasteiger partial charge in [0.05, 0.1) is 5.56 Å². The fourth-order valence-electron chi connectivity index (χ4n) is 2.38. The summed E-state index contributed by atoms with van der Waals surface area (Å²) in [4.78, 5) is 11.1. The van der Waals surface area contributed by atoms with Crippen LogP contribution in [0.5, 0.6) is 0 Å². The molecule has 0 unspecified atom stereocenters. The zero-order valence-electron chi connectivity index (χ0n) is 11.8. The summed E-state index contributed by atoms with van der Waals surface area (Å²) in [6.07, 6.45) is 0. The number of hydrogen-bond acceptors (Lipinski definition) is 1. The van der Waals surface area contributed by atoms with Gasteiger partial charge in [-0.15, -0.1) is 0 Å². The second-order valence-electron chi connectivity index (χ2n) is 5.17. The van der Waals surface area contributed by atoms with Crippen LogP contribution in [0.1, 0.15) is 47.1 Å². The maximum Gasteiger partial charge on any atom is 0.337 e. The highest BCUT2D eigenvalue weighted by Gasteiger charge is 2.15. The summed E-state index contributed by atoms with van der Waals surface area (Å²) in [6.45, 7) is 8.08. The first kappa shape index (κ1) is 13.4. The first-order valence-corrected chi connectivity index (χ1v) is 6.44. The van der Waals surface area contributed by atoms with Crippen molar-refractivity contribution in [2.24, 2.45) is 0 Å². The third-order valence-electron chi connectivity index (χ3n) is 3.48. The molecule has 19 heavy (non-hydrogen) atoms. The lowest BCUT2D eigenvalue weighted by Gasteiger charge is -2.11. The van der Waals surface area contributed by atoms with Gasteiger partial charge in [0.15, 0.2) is 0 Å². The van der Waals surface area contributed by atoms with E-state index in [4.69, 9.17) is 5.11 Å². The molecule has 0 amide bonds. The third kappa shape index (κ3) is 2.41. The third-order valence-corrected chi connectivity index (χ3v) is 3.48. The zero-order valence-corrected chi connectivity index (χ0v) is 11.8. The smallest absolute Gasteiger partial charge is 0.337 e. The van der Waals surface area contributed by atoms with Crippen LogP contribution < -0.4 is 0 Å². The number of carbonyl (C=O) groups is 1. The van der Waals surface area contributed by atoms with Crippen LogP contribution in [0.2, 0.25) is 0 Å². The Morgan fingerprint density at radius 3 is 2.16 bits per heavy atom. The molecule has 1 N–H and O–H groups in total. The fraction of sp³-hybridized carbons (Fsp3) is 0.312. The van der Waals surface area contributed by atoms with Crippen LogP contribution in [-0.2, 0) is 0 Å². The Balaban J connectivity index is 2.50. The average molecular weight is 257 g/mol. The second-order valence-corrected chi connectivity index (χ2v) is 5.17. The lowest BCUT2D eigenvalue weighted by atomic mass is 10.0. The SMILES string of the molecule is Cc1cc(C(=O)O)c(C)n1-c1ccc(C(C)C)cc1. The van der Waals surface area contributed by atoms with E-state index in [-0.39, 0.29) is 0 Å². The van der Waals surface area contributed by atoms with E-state index in [2.05, 4.69) is 26.0 Å². The number of carboxylic acids is 1. The van der Waals surface area contributed by atoms with Gasteiger partial charge in [-0.3, -0.25) is 0 Å². The number of hydrogen-bond donors (Lipinski definition) is 1. The highest BCUT2D eigenvalue weighted by Crippen LogP contribution is 2.22. The standard InChI is InChI=1S/C16H19NO2/c1-10(2)13-5-7-14(8-6-13)17-11(3)9-15(12(17)4)16(18)19/h5-10H,1-4H3,(H,18,19). The van der Waals surface area contributed by atoms with Crippen molar-refractivity contribution < 1.29 is 9.90 Å². The van der Waals surface area contributed by atoms with Gasteiger partial charge in [0.1, 0.15) is 0 Å². The molecule has 0 saturated carbocycles. The van der Waals surface area contributed by atoms with Crippen LogP contribution in [0.25, 0.3) is 5.69 Å². The van der Waals surface area contributed by atoms with Gasteiger partial charge in [0, 0.05) is 17.1 Å². The van der Waals surface area contributed by atoms with Gasteiger partial charge in [0.25, 0.3) is 0 Å². The van der Waals surface area contributed by atoms with E-state index in [1.807, 2.05) is 30.5 Å². The zero-order chi connectivity index (χ0) is 14.2. The summed E-state index contributed by atoms with van der Waals surface area (Å²) >= 11 is 0. The summed E-state index contributed by atoms with van der Waals surface area (Å²) in [7, 11) is 0. The topological polar surface area (TPSA) is 42.2 Å². The number of rotatable bonds is 3. The van der Waals surface area contributed by atoms with E-state index in [1.54, 1.807) is 6.07 Å². The largest absolute Gasteiger partial charge is 0.478 e. The molecule has 0 aliphatic heterocycles. The molecule has 0 aliphatic carbocycles. The van der Waals surface area contributed by atoms with Gasteiger partial charge < -0.3 is 9.67 Å². The van der Waals surface area contributed by atoms with E-state index in [0.717, 1.165) is 17.1 Å². The molecule has 0 saturated heterocycles. The van der Waals surface area contributed by atoms with Crippen molar-refractivity contribution in [1.29, 1.82) is 0 Å². The Kier molecular flexibility index (Phi) is 3.47. The van der Waals surface area contributed by atoms with E-state index in [0.29, 0.717) is 11.5 Å². The Hall–Kier alpha value is -2.03. The number of benzene rings is 1. The summed E-state index contributed by atoms with van der Waals surface area (Å²) < 4.78 is 1.98. The number of aromatic carboxylic acids is 1. The van der Waals surface area contributed by atoms with Gasteiger partial charge >= 0.3 is 5.97 Å². The quantitative estimate of drug-likeness (QED) is 0.905. The summed E-state index contributed by atoms with van der Waals surface area (Å²) in [6, 6.07) is 9.99. The number of carboxylic acid groups (broad SMARTS) is 1. The molecule has 1 aromatic heterocycles. The maximum atomic E-state index is 11.1. The number of aryl methyl sites for hydroxylation is 1. The minimum Gasteiger partial charge on any atom is -0.478 e. The molecular weight excluding hydrogens is 238 g/mol. The highest BCUT2D eigenvalue weighted by atomic mass is 16.4. The lowest BCUT2D eigenvalue weighted by Crippen LogP contribution is -2.02. The van der Waals surface area contributed by atoms with E-state index >= 15 is 0 Å². The molecule has 1 aromatic carbocycles. The van der Waals surface area contributed by atoms with Crippen LogP contribution >= 0.6 is 0 Å². The molecule has 2 aromatic rings. The van der Waals surface area contributed by atoms with Crippen LogP contribution in [0.4, 0.5) is 0 Å². The monoisotopic (exact) mass is 257 g/mol. The highest BCUT2D eigenvalue weighted by molar-refractivity contribution is 5.89. The van der Waals surface area contributed by atoms with Crippen LogP contribution in [0.3, 0.4) is 0 Å². The van der Waals surface area contributed by atoms with E-state index in [1.165, 1.54) is 5.56 Å². The molecule has 0 bridgehead atoms. The van der Waals surface area contributed by atoms with Crippen LogP contribution in [0.15, 0.2) is 30.3 Å². The van der Waals surface area contributed by atoms with E-state index in [9.17, 15) is 4.79 Å². The van der Waals surface area contributed by atoms with Crippen molar-refractivity contribution in [1.82, 2.24) is 4.57 Å². The molecule has 100 valence electrons. The van der Waals surface area contributed by atoms with Crippen molar-refractivity contribution in [2.45, 2.75) is 33.6 Å². The Bertz CT molecular complexity index is 606. The van der Waals surface area contributed by atoms with Gasteiger partial charge in [-0.1, -0.05) is 26.0 Å². The molecule has 1 heterocycles. The van der Waals surface area contributed by atoms with Crippen LogP contribution in [0, 0.1) is 13.8 Å². The molecule has 2 rings (SSSR count). The fourth-order valence-corrected chi connectivity index (χ4v) is 2.38. The predicted molar refractivity (Wildman–Crippen MR) is 76.3 cm³/mol. The van der Waals surface area contributed by atoms with Crippen molar-refractivity contribution >= 4 is 5.97 Å². The summed E-state index contributed by atoms with van der Waals surface area (Å²) in [5, 5.41) is 9.15. The molecule has 0 aliphatic rings. The van der Waals surface area contributed by atoms with Gasteiger partial charge in [-0.2, -0.15) is 0 Å². The molecule has 0 fully saturated rings. The molecule has 0 spiro atoms. The normalized spacial score (nSPS) is 11.0. The van der Waals surface area contributed by atoms with Gasteiger partial charge in [0.2, 0.25) is 0 Å².